The minimum atomic E-state index is -0.106. The molecule has 138 valence electrons. The number of nitrogens with one attached hydrogen (secondary N) is 3. The number of para-hydroxylation sites is 1. The highest BCUT2D eigenvalue weighted by atomic mass is 16.1. The Bertz CT molecular complexity index is 955. The van der Waals surface area contributed by atoms with Gasteiger partial charge in [0.2, 0.25) is 5.91 Å². The first-order valence-corrected chi connectivity index (χ1v) is 8.87. The summed E-state index contributed by atoms with van der Waals surface area (Å²) < 4.78 is 0. The smallest absolute Gasteiger partial charge is 0.221 e. The monoisotopic (exact) mass is 361 g/mol. The minimum absolute atomic E-state index is 0.106. The lowest BCUT2D eigenvalue weighted by atomic mass is 10.1. The number of hydrogen-bond donors (Lipinski definition) is 3. The highest BCUT2D eigenvalue weighted by Crippen LogP contribution is 2.26. The lowest BCUT2D eigenvalue weighted by Crippen LogP contribution is -2.06. The van der Waals surface area contributed by atoms with Crippen molar-refractivity contribution in [2.24, 2.45) is 0 Å². The zero-order valence-electron chi connectivity index (χ0n) is 15.7. The fourth-order valence-electron chi connectivity index (χ4n) is 2.85. The Morgan fingerprint density at radius 3 is 2.41 bits per heavy atom. The van der Waals surface area contributed by atoms with Gasteiger partial charge in [0.05, 0.1) is 0 Å². The maximum Gasteiger partial charge on any atom is 0.221 e. The third kappa shape index (κ3) is 4.82. The van der Waals surface area contributed by atoms with Crippen LogP contribution in [-0.4, -0.2) is 15.9 Å². The zero-order valence-corrected chi connectivity index (χ0v) is 15.7. The lowest BCUT2D eigenvalue weighted by Gasteiger charge is -2.14. The molecule has 0 saturated carbocycles. The largest absolute Gasteiger partial charge is 0.340 e. The van der Waals surface area contributed by atoms with Crippen LogP contribution in [0.4, 0.5) is 28.7 Å². The summed E-state index contributed by atoms with van der Waals surface area (Å²) in [6, 6.07) is 15.6. The molecule has 6 heteroatoms. The summed E-state index contributed by atoms with van der Waals surface area (Å²) in [4.78, 5) is 19.8. The van der Waals surface area contributed by atoms with Crippen LogP contribution in [0.1, 0.15) is 25.0 Å². The molecule has 1 heterocycles. The molecule has 0 aliphatic carbocycles. The highest BCUT2D eigenvalue weighted by Gasteiger charge is 2.07. The molecule has 0 aliphatic heterocycles. The van der Waals surface area contributed by atoms with E-state index in [-0.39, 0.29) is 5.91 Å². The quantitative estimate of drug-likeness (QED) is 0.588. The first kappa shape index (κ1) is 18.4. The first-order chi connectivity index (χ1) is 13.0. The number of aromatic nitrogens is 2. The molecular weight excluding hydrogens is 338 g/mol. The number of anilines is 5. The SMILES string of the molecule is CCc1cccc(C)c1Nc1cc(Nc2cccc(NC(C)=O)c2)ncn1. The van der Waals surface area contributed by atoms with Crippen molar-refractivity contribution in [3.05, 3.63) is 66.0 Å². The first-order valence-electron chi connectivity index (χ1n) is 8.87. The number of carbonyl (C=O) groups excluding carboxylic acids is 1. The zero-order chi connectivity index (χ0) is 19.2. The van der Waals surface area contributed by atoms with Crippen molar-refractivity contribution >= 4 is 34.6 Å². The molecule has 1 amide bonds. The van der Waals surface area contributed by atoms with Gasteiger partial charge in [-0.25, -0.2) is 9.97 Å². The molecule has 0 fully saturated rings. The highest BCUT2D eigenvalue weighted by molar-refractivity contribution is 5.89. The Morgan fingerprint density at radius 1 is 0.963 bits per heavy atom. The van der Waals surface area contributed by atoms with Crippen molar-refractivity contribution in [1.82, 2.24) is 9.97 Å². The van der Waals surface area contributed by atoms with Gasteiger partial charge in [0.1, 0.15) is 18.0 Å². The summed E-state index contributed by atoms with van der Waals surface area (Å²) in [5, 5.41) is 9.42. The summed E-state index contributed by atoms with van der Waals surface area (Å²) in [5.74, 6) is 1.28. The van der Waals surface area contributed by atoms with Crippen LogP contribution >= 0.6 is 0 Å². The molecule has 6 nitrogen and oxygen atoms in total. The molecule has 0 radical (unpaired) electrons. The van der Waals surface area contributed by atoms with Gasteiger partial charge in [-0.1, -0.05) is 31.2 Å². The van der Waals surface area contributed by atoms with Crippen LogP contribution in [0.5, 0.6) is 0 Å². The number of aryl methyl sites for hydroxylation is 2. The summed E-state index contributed by atoms with van der Waals surface area (Å²) >= 11 is 0. The Hall–Kier alpha value is -3.41. The van der Waals surface area contributed by atoms with Crippen molar-refractivity contribution in [2.45, 2.75) is 27.2 Å². The van der Waals surface area contributed by atoms with E-state index in [1.807, 2.05) is 30.3 Å². The fraction of sp³-hybridized carbons (Fsp3) is 0.190. The van der Waals surface area contributed by atoms with Crippen LogP contribution in [-0.2, 0) is 11.2 Å². The van der Waals surface area contributed by atoms with E-state index in [1.165, 1.54) is 24.4 Å². The van der Waals surface area contributed by atoms with Gasteiger partial charge in [0.25, 0.3) is 0 Å². The molecule has 0 aliphatic rings. The fourth-order valence-corrected chi connectivity index (χ4v) is 2.85. The van der Waals surface area contributed by atoms with E-state index in [1.54, 1.807) is 0 Å². The molecule has 0 atom stereocenters. The topological polar surface area (TPSA) is 78.9 Å². The van der Waals surface area contributed by atoms with Crippen molar-refractivity contribution < 1.29 is 4.79 Å². The third-order valence-electron chi connectivity index (χ3n) is 4.12. The summed E-state index contributed by atoms with van der Waals surface area (Å²) in [5.41, 5.74) is 5.05. The number of rotatable bonds is 6. The number of carbonyl (C=O) groups is 1. The van der Waals surface area contributed by atoms with Crippen LogP contribution in [0.3, 0.4) is 0 Å². The van der Waals surface area contributed by atoms with Crippen LogP contribution in [0.25, 0.3) is 0 Å². The van der Waals surface area contributed by atoms with Crippen molar-refractivity contribution in [3.8, 4) is 0 Å². The van der Waals surface area contributed by atoms with Crippen molar-refractivity contribution in [1.29, 1.82) is 0 Å². The van der Waals surface area contributed by atoms with Crippen LogP contribution in [0.15, 0.2) is 54.9 Å². The van der Waals surface area contributed by atoms with Crippen LogP contribution in [0, 0.1) is 6.92 Å². The summed E-state index contributed by atoms with van der Waals surface area (Å²) in [6.07, 6.45) is 2.46. The molecule has 3 aromatic rings. The Labute approximate surface area is 159 Å². The van der Waals surface area contributed by atoms with E-state index < -0.39 is 0 Å². The molecule has 27 heavy (non-hydrogen) atoms. The van der Waals surface area contributed by atoms with Gasteiger partial charge in [-0.3, -0.25) is 4.79 Å². The molecule has 0 bridgehead atoms. The van der Waals surface area contributed by atoms with Crippen molar-refractivity contribution in [2.75, 3.05) is 16.0 Å². The van der Waals surface area contributed by atoms with Crippen LogP contribution < -0.4 is 16.0 Å². The van der Waals surface area contributed by atoms with Gasteiger partial charge >= 0.3 is 0 Å². The minimum Gasteiger partial charge on any atom is -0.340 e. The second-order valence-corrected chi connectivity index (χ2v) is 6.26. The average Bonchev–Trinajstić information content (AvgIpc) is 2.63. The molecule has 0 spiro atoms. The van der Waals surface area contributed by atoms with E-state index in [0.717, 1.165) is 29.3 Å². The van der Waals surface area contributed by atoms with E-state index in [0.29, 0.717) is 5.82 Å². The normalized spacial score (nSPS) is 10.3. The second-order valence-electron chi connectivity index (χ2n) is 6.26. The molecule has 0 saturated heterocycles. The molecular formula is C21H23N5O. The predicted molar refractivity (Wildman–Crippen MR) is 110 cm³/mol. The summed E-state index contributed by atoms with van der Waals surface area (Å²) in [6.45, 7) is 5.70. The Morgan fingerprint density at radius 2 is 1.67 bits per heavy atom. The van der Waals surface area contributed by atoms with Gasteiger partial charge in [0, 0.05) is 30.1 Å². The molecule has 1 aromatic heterocycles. The number of nitrogens with zero attached hydrogens (tertiary/aromatic N) is 2. The maximum atomic E-state index is 11.2. The second kappa shape index (κ2) is 8.31. The van der Waals surface area contributed by atoms with Gasteiger partial charge in [-0.05, 0) is 42.7 Å². The number of hydrogen-bond acceptors (Lipinski definition) is 5. The number of amides is 1. The average molecular weight is 361 g/mol. The molecule has 3 rings (SSSR count). The third-order valence-corrected chi connectivity index (χ3v) is 4.12. The standard InChI is InChI=1S/C21H23N5O/c1-4-16-8-5-7-14(2)21(16)26-20-12-19(22-13-23-20)25-18-10-6-9-17(11-18)24-15(3)27/h5-13H,4H2,1-3H3,(H,24,27)(H2,22,23,25,26). The molecule has 0 unspecified atom stereocenters. The van der Waals surface area contributed by atoms with Gasteiger partial charge < -0.3 is 16.0 Å². The van der Waals surface area contributed by atoms with Crippen LogP contribution in [0.2, 0.25) is 0 Å². The molecule has 3 N–H and O–H groups in total. The van der Waals surface area contributed by atoms with Gasteiger partial charge in [-0.2, -0.15) is 0 Å². The number of benzene rings is 2. The van der Waals surface area contributed by atoms with Crippen molar-refractivity contribution in [3.63, 3.8) is 0 Å². The van der Waals surface area contributed by atoms with E-state index >= 15 is 0 Å². The Kier molecular flexibility index (Phi) is 5.66. The van der Waals surface area contributed by atoms with Gasteiger partial charge in [-0.15, -0.1) is 0 Å². The van der Waals surface area contributed by atoms with E-state index in [2.05, 4.69) is 58.0 Å². The predicted octanol–water partition coefficient (Wildman–Crippen LogP) is 4.79. The summed E-state index contributed by atoms with van der Waals surface area (Å²) in [7, 11) is 0. The van der Waals surface area contributed by atoms with E-state index in [9.17, 15) is 4.79 Å². The molecule has 2 aromatic carbocycles. The van der Waals surface area contributed by atoms with Gasteiger partial charge in [0.15, 0.2) is 0 Å². The lowest BCUT2D eigenvalue weighted by molar-refractivity contribution is -0.114. The van der Waals surface area contributed by atoms with E-state index in [4.69, 9.17) is 0 Å². The maximum absolute atomic E-state index is 11.2. The Balaban J connectivity index is 1.80.